The van der Waals surface area contributed by atoms with Crippen LogP contribution in [0.3, 0.4) is 0 Å². The molecule has 1 aromatic rings. The van der Waals surface area contributed by atoms with Crippen LogP contribution in [0.1, 0.15) is 25.8 Å². The molecule has 0 saturated carbocycles. The van der Waals surface area contributed by atoms with E-state index in [0.717, 1.165) is 18.5 Å². The lowest BCUT2D eigenvalue weighted by atomic mass is 10.1. The fraction of sp³-hybridized carbons (Fsp3) is 0.533. The van der Waals surface area contributed by atoms with Crippen molar-refractivity contribution in [3.63, 3.8) is 0 Å². The molecule has 0 bridgehead atoms. The van der Waals surface area contributed by atoms with Gasteiger partial charge in [-0.25, -0.2) is 8.42 Å². The minimum Gasteiger partial charge on any atom is -0.355 e. The Morgan fingerprint density at radius 1 is 1.29 bits per heavy atom. The first-order valence-electron chi connectivity index (χ1n) is 7.27. The number of hydrogen-bond donors (Lipinski definition) is 1. The summed E-state index contributed by atoms with van der Waals surface area (Å²) in [4.78, 5) is 14.3. The van der Waals surface area contributed by atoms with Crippen molar-refractivity contribution in [2.75, 3.05) is 18.8 Å². The van der Waals surface area contributed by atoms with Crippen LogP contribution in [0.5, 0.6) is 0 Å². The van der Waals surface area contributed by atoms with Gasteiger partial charge in [0.15, 0.2) is 9.84 Å². The molecule has 21 heavy (non-hydrogen) atoms. The molecular weight excluding hydrogens is 288 g/mol. The zero-order valence-corrected chi connectivity index (χ0v) is 13.3. The van der Waals surface area contributed by atoms with Crippen molar-refractivity contribution in [1.82, 2.24) is 10.2 Å². The third-order valence-electron chi connectivity index (χ3n) is 3.90. The lowest BCUT2D eigenvalue weighted by Gasteiger charge is -2.25. The molecule has 5 nitrogen and oxygen atoms in total. The van der Waals surface area contributed by atoms with E-state index < -0.39 is 9.84 Å². The summed E-state index contributed by atoms with van der Waals surface area (Å²) in [6.07, 6.45) is 0.929. The highest BCUT2D eigenvalue weighted by Gasteiger charge is 2.23. The fourth-order valence-electron chi connectivity index (χ4n) is 2.42. The Bertz CT molecular complexity index is 596. The standard InChI is InChI=1S/C15H22N2O3S/c1-3-21(19,20)14-7-5-13(6-8-14)11-17-10-4-9-16-15(18)12(17)2/h5-8,12H,3-4,9-11H2,1-2H3,(H,16,18)/t12-/m0/s1. The molecule has 0 radical (unpaired) electrons. The van der Waals surface area contributed by atoms with Crippen LogP contribution in [0.2, 0.25) is 0 Å². The Balaban J connectivity index is 2.11. The van der Waals surface area contributed by atoms with E-state index >= 15 is 0 Å². The largest absolute Gasteiger partial charge is 0.355 e. The lowest BCUT2D eigenvalue weighted by molar-refractivity contribution is -0.125. The van der Waals surface area contributed by atoms with Gasteiger partial charge in [-0.1, -0.05) is 19.1 Å². The van der Waals surface area contributed by atoms with Gasteiger partial charge in [0.1, 0.15) is 0 Å². The molecule has 1 fully saturated rings. The number of benzene rings is 1. The molecule has 2 rings (SSSR count). The van der Waals surface area contributed by atoms with Crippen LogP contribution in [0.15, 0.2) is 29.2 Å². The normalized spacial score (nSPS) is 20.9. The predicted molar refractivity (Wildman–Crippen MR) is 81.7 cm³/mol. The highest BCUT2D eigenvalue weighted by Crippen LogP contribution is 2.15. The van der Waals surface area contributed by atoms with Gasteiger partial charge < -0.3 is 5.32 Å². The van der Waals surface area contributed by atoms with Crippen molar-refractivity contribution >= 4 is 15.7 Å². The number of sulfone groups is 1. The second-order valence-corrected chi connectivity index (χ2v) is 7.62. The summed E-state index contributed by atoms with van der Waals surface area (Å²) in [5.74, 6) is 0.160. The summed E-state index contributed by atoms with van der Waals surface area (Å²) >= 11 is 0. The van der Waals surface area contributed by atoms with Crippen LogP contribution < -0.4 is 5.32 Å². The molecule has 1 aliphatic rings. The molecule has 0 aromatic heterocycles. The molecule has 116 valence electrons. The van der Waals surface area contributed by atoms with Gasteiger partial charge in [-0.3, -0.25) is 9.69 Å². The van der Waals surface area contributed by atoms with Crippen LogP contribution in [0, 0.1) is 0 Å². The van der Waals surface area contributed by atoms with Crippen molar-refractivity contribution < 1.29 is 13.2 Å². The van der Waals surface area contributed by atoms with Crippen molar-refractivity contribution in [3.8, 4) is 0 Å². The van der Waals surface area contributed by atoms with Crippen LogP contribution in [-0.4, -0.2) is 44.1 Å². The number of nitrogens with zero attached hydrogens (tertiary/aromatic N) is 1. The molecule has 6 heteroatoms. The van der Waals surface area contributed by atoms with Crippen molar-refractivity contribution in [1.29, 1.82) is 0 Å². The molecule has 1 atom stereocenters. The minimum absolute atomic E-state index is 0.0534. The summed E-state index contributed by atoms with van der Waals surface area (Å²) < 4.78 is 23.6. The molecule has 0 unspecified atom stereocenters. The molecule has 1 N–H and O–H groups in total. The van der Waals surface area contributed by atoms with Gasteiger partial charge >= 0.3 is 0 Å². The first-order valence-corrected chi connectivity index (χ1v) is 8.92. The summed E-state index contributed by atoms with van der Waals surface area (Å²) in [6.45, 7) is 5.76. The van der Waals surface area contributed by atoms with Crippen LogP contribution in [-0.2, 0) is 21.2 Å². The first kappa shape index (κ1) is 16.0. The summed E-state index contributed by atoms with van der Waals surface area (Å²) in [5, 5.41) is 2.89. The highest BCUT2D eigenvalue weighted by atomic mass is 32.2. The van der Waals surface area contributed by atoms with Gasteiger partial charge in [-0.05, 0) is 31.0 Å². The number of nitrogens with one attached hydrogen (secondary N) is 1. The van der Waals surface area contributed by atoms with Crippen molar-refractivity contribution in [3.05, 3.63) is 29.8 Å². The maximum Gasteiger partial charge on any atom is 0.237 e. The van der Waals surface area contributed by atoms with Gasteiger partial charge in [0.05, 0.1) is 16.7 Å². The van der Waals surface area contributed by atoms with Gasteiger partial charge in [0, 0.05) is 19.6 Å². The molecule has 0 spiro atoms. The second kappa shape index (κ2) is 6.58. The van der Waals surface area contributed by atoms with E-state index in [-0.39, 0.29) is 17.7 Å². The van der Waals surface area contributed by atoms with E-state index in [2.05, 4.69) is 10.2 Å². The van der Waals surface area contributed by atoms with Crippen LogP contribution in [0.25, 0.3) is 0 Å². The Kier molecular flexibility index (Phi) is 5.00. The first-order chi connectivity index (χ1) is 9.94. The maximum atomic E-state index is 11.8. The molecule has 1 amide bonds. The Morgan fingerprint density at radius 2 is 1.95 bits per heavy atom. The number of rotatable bonds is 4. The van der Waals surface area contributed by atoms with Crippen LogP contribution in [0.4, 0.5) is 0 Å². The monoisotopic (exact) mass is 310 g/mol. The summed E-state index contributed by atoms with van der Waals surface area (Å²) in [6, 6.07) is 6.80. The Morgan fingerprint density at radius 3 is 2.57 bits per heavy atom. The van der Waals surface area contributed by atoms with Gasteiger partial charge in [0.2, 0.25) is 5.91 Å². The zero-order valence-electron chi connectivity index (χ0n) is 12.5. The fourth-order valence-corrected chi connectivity index (χ4v) is 3.30. The van der Waals surface area contributed by atoms with E-state index in [1.54, 1.807) is 19.1 Å². The molecule has 1 aromatic carbocycles. The van der Waals surface area contributed by atoms with E-state index in [0.29, 0.717) is 18.0 Å². The van der Waals surface area contributed by atoms with Gasteiger partial charge in [-0.2, -0.15) is 0 Å². The number of hydrogen-bond acceptors (Lipinski definition) is 4. The van der Waals surface area contributed by atoms with Crippen molar-refractivity contribution in [2.45, 2.75) is 37.8 Å². The number of carbonyl (C=O) groups is 1. The molecule has 0 aliphatic carbocycles. The number of amides is 1. The summed E-state index contributed by atoms with van der Waals surface area (Å²) in [7, 11) is -3.15. The zero-order chi connectivity index (χ0) is 15.5. The van der Waals surface area contributed by atoms with Crippen LogP contribution >= 0.6 is 0 Å². The quantitative estimate of drug-likeness (QED) is 0.907. The van der Waals surface area contributed by atoms with E-state index in [1.807, 2.05) is 19.1 Å². The highest BCUT2D eigenvalue weighted by molar-refractivity contribution is 7.91. The molecule has 1 aliphatic heterocycles. The number of carbonyl (C=O) groups excluding carboxylic acids is 1. The maximum absolute atomic E-state index is 11.8. The predicted octanol–water partition coefficient (Wildman–Crippen LogP) is 1.19. The van der Waals surface area contributed by atoms with Gasteiger partial charge in [-0.15, -0.1) is 0 Å². The smallest absolute Gasteiger partial charge is 0.237 e. The summed E-state index contributed by atoms with van der Waals surface area (Å²) in [5.41, 5.74) is 1.02. The SMILES string of the molecule is CCS(=O)(=O)c1ccc(CN2CCCNC(=O)[C@@H]2C)cc1. The molecular formula is C15H22N2O3S. The second-order valence-electron chi connectivity index (χ2n) is 5.34. The lowest BCUT2D eigenvalue weighted by Crippen LogP contribution is -2.41. The molecule has 1 saturated heterocycles. The van der Waals surface area contributed by atoms with E-state index in [4.69, 9.17) is 0 Å². The third-order valence-corrected chi connectivity index (χ3v) is 5.65. The molecule has 1 heterocycles. The average molecular weight is 310 g/mol. The van der Waals surface area contributed by atoms with Gasteiger partial charge in [0.25, 0.3) is 0 Å². The minimum atomic E-state index is -3.15. The third kappa shape index (κ3) is 3.83. The Labute approximate surface area is 126 Å². The van der Waals surface area contributed by atoms with Crippen molar-refractivity contribution in [2.24, 2.45) is 0 Å². The Hall–Kier alpha value is -1.40. The topological polar surface area (TPSA) is 66.5 Å². The average Bonchev–Trinajstić information content (AvgIpc) is 2.63. The van der Waals surface area contributed by atoms with E-state index in [1.165, 1.54) is 0 Å². The van der Waals surface area contributed by atoms with E-state index in [9.17, 15) is 13.2 Å².